The van der Waals surface area contributed by atoms with E-state index in [1.165, 1.54) is 6.08 Å². The van der Waals surface area contributed by atoms with E-state index in [0.29, 0.717) is 17.2 Å². The van der Waals surface area contributed by atoms with Crippen molar-refractivity contribution in [2.75, 3.05) is 6.79 Å². The van der Waals surface area contributed by atoms with Crippen molar-refractivity contribution >= 4 is 12.0 Å². The normalized spacial score (nSPS) is 12.6. The number of para-hydroxylation sites is 1. The predicted octanol–water partition coefficient (Wildman–Crippen LogP) is 3.03. The smallest absolute Gasteiger partial charge is 0.336 e. The molecule has 1 heterocycles. The zero-order chi connectivity index (χ0) is 13.8. The van der Waals surface area contributed by atoms with Crippen molar-refractivity contribution in [2.24, 2.45) is 0 Å². The average Bonchev–Trinajstić information content (AvgIpc) is 2.93. The highest BCUT2D eigenvalue weighted by Gasteiger charge is 2.12. The first-order valence-electron chi connectivity index (χ1n) is 6.16. The van der Waals surface area contributed by atoms with Crippen LogP contribution in [0.5, 0.6) is 17.2 Å². The summed E-state index contributed by atoms with van der Waals surface area (Å²) in [5, 5.41) is 0. The Balaban J connectivity index is 1.66. The van der Waals surface area contributed by atoms with Crippen LogP contribution in [0.25, 0.3) is 6.08 Å². The number of ether oxygens (including phenoxy) is 3. The highest BCUT2D eigenvalue weighted by atomic mass is 16.7. The molecule has 1 aliphatic heterocycles. The van der Waals surface area contributed by atoms with Gasteiger partial charge in [0.05, 0.1) is 0 Å². The van der Waals surface area contributed by atoms with E-state index >= 15 is 0 Å². The third-order valence-corrected chi connectivity index (χ3v) is 2.77. The molecule has 100 valence electrons. The number of carbonyl (C=O) groups excluding carboxylic acids is 1. The Morgan fingerprint density at radius 3 is 2.70 bits per heavy atom. The highest BCUT2D eigenvalue weighted by molar-refractivity contribution is 5.88. The Hall–Kier alpha value is -2.75. The zero-order valence-electron chi connectivity index (χ0n) is 10.6. The molecular formula is C16H12O4. The molecule has 0 aliphatic carbocycles. The molecule has 1 aliphatic rings. The minimum atomic E-state index is -0.422. The molecule has 0 atom stereocenters. The number of carbonyl (C=O) groups is 1. The lowest BCUT2D eigenvalue weighted by atomic mass is 10.2. The fourth-order valence-electron chi connectivity index (χ4n) is 1.82. The molecule has 0 saturated carbocycles. The molecule has 20 heavy (non-hydrogen) atoms. The van der Waals surface area contributed by atoms with Crippen LogP contribution < -0.4 is 14.2 Å². The van der Waals surface area contributed by atoms with E-state index in [1.807, 2.05) is 36.4 Å². The molecule has 0 radical (unpaired) electrons. The maximum atomic E-state index is 11.7. The van der Waals surface area contributed by atoms with Crippen LogP contribution in [-0.4, -0.2) is 12.8 Å². The van der Waals surface area contributed by atoms with E-state index in [9.17, 15) is 4.79 Å². The molecular weight excluding hydrogens is 256 g/mol. The summed E-state index contributed by atoms with van der Waals surface area (Å²) >= 11 is 0. The third-order valence-electron chi connectivity index (χ3n) is 2.77. The lowest BCUT2D eigenvalue weighted by molar-refractivity contribution is -0.128. The van der Waals surface area contributed by atoms with E-state index in [4.69, 9.17) is 14.2 Å². The minimum absolute atomic E-state index is 0.235. The first-order valence-corrected chi connectivity index (χ1v) is 6.16. The van der Waals surface area contributed by atoms with Crippen LogP contribution in [0.1, 0.15) is 5.56 Å². The van der Waals surface area contributed by atoms with Gasteiger partial charge in [0.15, 0.2) is 11.5 Å². The van der Waals surface area contributed by atoms with Crippen molar-refractivity contribution in [1.29, 1.82) is 0 Å². The van der Waals surface area contributed by atoms with E-state index in [2.05, 4.69) is 0 Å². The summed E-state index contributed by atoms with van der Waals surface area (Å²) in [4.78, 5) is 11.7. The van der Waals surface area contributed by atoms with Crippen LogP contribution in [0.15, 0.2) is 54.6 Å². The summed E-state index contributed by atoms with van der Waals surface area (Å²) in [6.45, 7) is 0.235. The van der Waals surface area contributed by atoms with Gasteiger partial charge in [-0.2, -0.15) is 0 Å². The van der Waals surface area contributed by atoms with Crippen molar-refractivity contribution in [3.05, 3.63) is 60.2 Å². The van der Waals surface area contributed by atoms with Gasteiger partial charge in [-0.25, -0.2) is 4.79 Å². The van der Waals surface area contributed by atoms with Crippen LogP contribution in [0.2, 0.25) is 0 Å². The third kappa shape index (κ3) is 2.80. The quantitative estimate of drug-likeness (QED) is 0.487. The summed E-state index contributed by atoms with van der Waals surface area (Å²) in [6, 6.07) is 14.4. The van der Waals surface area contributed by atoms with Gasteiger partial charge in [0, 0.05) is 6.08 Å². The summed E-state index contributed by atoms with van der Waals surface area (Å²) in [6.07, 6.45) is 3.05. The lowest BCUT2D eigenvalue weighted by Crippen LogP contribution is -2.03. The molecule has 3 rings (SSSR count). The van der Waals surface area contributed by atoms with Crippen LogP contribution in [0.4, 0.5) is 0 Å². The first kappa shape index (κ1) is 12.3. The van der Waals surface area contributed by atoms with Crippen molar-refractivity contribution in [3.8, 4) is 17.2 Å². The highest BCUT2D eigenvalue weighted by Crippen LogP contribution is 2.32. The van der Waals surface area contributed by atoms with Gasteiger partial charge in [-0.3, -0.25) is 0 Å². The number of hydrogen-bond acceptors (Lipinski definition) is 4. The zero-order valence-corrected chi connectivity index (χ0v) is 10.6. The minimum Gasteiger partial charge on any atom is -0.454 e. The predicted molar refractivity (Wildman–Crippen MR) is 73.7 cm³/mol. The molecule has 0 amide bonds. The topological polar surface area (TPSA) is 44.8 Å². The molecule has 2 aromatic rings. The van der Waals surface area contributed by atoms with Gasteiger partial charge in [-0.05, 0) is 35.9 Å². The van der Waals surface area contributed by atoms with Gasteiger partial charge in [-0.15, -0.1) is 0 Å². The standard InChI is InChI=1S/C16H12O4/c17-16(20-13-4-2-1-3-5-13)9-7-12-6-8-14-15(10-12)19-11-18-14/h1-10H,11H2. The second-order valence-corrected chi connectivity index (χ2v) is 4.18. The average molecular weight is 268 g/mol. The number of benzene rings is 2. The van der Waals surface area contributed by atoms with E-state index in [-0.39, 0.29) is 6.79 Å². The molecule has 0 bridgehead atoms. The molecule has 4 heteroatoms. The van der Waals surface area contributed by atoms with E-state index in [0.717, 1.165) is 5.56 Å². The fourth-order valence-corrected chi connectivity index (χ4v) is 1.82. The van der Waals surface area contributed by atoms with Crippen LogP contribution in [0.3, 0.4) is 0 Å². The molecule has 0 fully saturated rings. The van der Waals surface area contributed by atoms with Gasteiger partial charge >= 0.3 is 5.97 Å². The van der Waals surface area contributed by atoms with Gasteiger partial charge in [0.25, 0.3) is 0 Å². The number of fused-ring (bicyclic) bond motifs is 1. The molecule has 2 aromatic carbocycles. The molecule has 0 spiro atoms. The maximum Gasteiger partial charge on any atom is 0.336 e. The molecule has 0 saturated heterocycles. The Labute approximate surface area is 116 Å². The van der Waals surface area contributed by atoms with Gasteiger partial charge in [-0.1, -0.05) is 24.3 Å². The largest absolute Gasteiger partial charge is 0.454 e. The van der Waals surface area contributed by atoms with Crippen LogP contribution in [-0.2, 0) is 4.79 Å². The Morgan fingerprint density at radius 2 is 1.85 bits per heavy atom. The van der Waals surface area contributed by atoms with Gasteiger partial charge < -0.3 is 14.2 Å². The molecule has 0 unspecified atom stereocenters. The van der Waals surface area contributed by atoms with Gasteiger partial charge in [0.1, 0.15) is 5.75 Å². The Morgan fingerprint density at radius 1 is 1.05 bits per heavy atom. The summed E-state index contributed by atoms with van der Waals surface area (Å²) in [7, 11) is 0. The van der Waals surface area contributed by atoms with Crippen molar-refractivity contribution in [1.82, 2.24) is 0 Å². The lowest BCUT2D eigenvalue weighted by Gasteiger charge is -2.00. The van der Waals surface area contributed by atoms with E-state index < -0.39 is 5.97 Å². The summed E-state index contributed by atoms with van der Waals surface area (Å²) in [5.74, 6) is 1.50. The number of hydrogen-bond donors (Lipinski definition) is 0. The Kier molecular flexibility index (Phi) is 3.37. The second-order valence-electron chi connectivity index (χ2n) is 4.18. The number of rotatable bonds is 3. The summed E-state index contributed by atoms with van der Waals surface area (Å²) < 4.78 is 15.6. The Bertz CT molecular complexity index is 647. The van der Waals surface area contributed by atoms with Crippen LogP contribution in [0, 0.1) is 0 Å². The molecule has 0 aromatic heterocycles. The van der Waals surface area contributed by atoms with Gasteiger partial charge in [0.2, 0.25) is 6.79 Å². The second kappa shape index (κ2) is 5.48. The molecule has 4 nitrogen and oxygen atoms in total. The van der Waals surface area contributed by atoms with Crippen LogP contribution >= 0.6 is 0 Å². The van der Waals surface area contributed by atoms with Crippen molar-refractivity contribution in [3.63, 3.8) is 0 Å². The first-order chi connectivity index (χ1) is 9.81. The van der Waals surface area contributed by atoms with E-state index in [1.54, 1.807) is 18.2 Å². The SMILES string of the molecule is O=C(C=Cc1ccc2c(c1)OCO2)Oc1ccccc1. The summed E-state index contributed by atoms with van der Waals surface area (Å²) in [5.41, 5.74) is 0.847. The monoisotopic (exact) mass is 268 g/mol. The molecule has 0 N–H and O–H groups in total. The van der Waals surface area contributed by atoms with Crippen molar-refractivity contribution in [2.45, 2.75) is 0 Å². The number of esters is 1. The van der Waals surface area contributed by atoms with Crippen molar-refractivity contribution < 1.29 is 19.0 Å². The fraction of sp³-hybridized carbons (Fsp3) is 0.0625. The maximum absolute atomic E-state index is 11.7.